The predicted octanol–water partition coefficient (Wildman–Crippen LogP) is 2.51. The van der Waals surface area contributed by atoms with Crippen LogP contribution in [0.3, 0.4) is 0 Å². The van der Waals surface area contributed by atoms with Crippen LogP contribution in [-0.2, 0) is 32.6 Å². The number of amides is 1. The van der Waals surface area contributed by atoms with Crippen molar-refractivity contribution in [2.24, 2.45) is 0 Å². The molecule has 1 unspecified atom stereocenters. The monoisotopic (exact) mass is 578 g/mol. The van der Waals surface area contributed by atoms with Crippen LogP contribution in [0.5, 0.6) is 5.75 Å². The van der Waals surface area contributed by atoms with Crippen LogP contribution >= 0.6 is 0 Å². The Labute approximate surface area is 235 Å². The van der Waals surface area contributed by atoms with Crippen LogP contribution in [0.2, 0.25) is 0 Å². The van der Waals surface area contributed by atoms with Crippen molar-refractivity contribution >= 4 is 32.7 Å². The van der Waals surface area contributed by atoms with E-state index in [1.165, 1.54) is 7.11 Å². The van der Waals surface area contributed by atoms with Gasteiger partial charge in [-0.15, -0.1) is 0 Å². The molecule has 11 nitrogen and oxygen atoms in total. The van der Waals surface area contributed by atoms with Crippen molar-refractivity contribution < 1.29 is 27.1 Å². The van der Waals surface area contributed by atoms with Gasteiger partial charge in [0.2, 0.25) is 5.91 Å². The minimum absolute atomic E-state index is 0.0194. The van der Waals surface area contributed by atoms with E-state index in [9.17, 15) is 17.6 Å². The van der Waals surface area contributed by atoms with Crippen LogP contribution in [0.4, 0.5) is 10.2 Å². The zero-order chi connectivity index (χ0) is 29.0. The van der Waals surface area contributed by atoms with Gasteiger partial charge in [0.05, 0.1) is 48.2 Å². The standard InChI is InChI=1S/C28H27FN6O5S/c1-39-25-7-3-6-24-26(25)27(34-41(37,38)21-8-9-22(29)20(13-21)14-30)33-35(24)16-19-5-2-4-18(12-19)15-32-28(36)23-17-40-11-10-31-23/h2-9,12-13,23,31H,10-11,15-17H2,1H3,(H,32,36)(H,33,34). The summed E-state index contributed by atoms with van der Waals surface area (Å²) in [5, 5.41) is 20.2. The summed E-state index contributed by atoms with van der Waals surface area (Å²) in [4.78, 5) is 12.2. The maximum atomic E-state index is 13.8. The van der Waals surface area contributed by atoms with Gasteiger partial charge in [-0.25, -0.2) is 12.8 Å². The number of carbonyl (C=O) groups excluding carboxylic acids is 1. The Bertz CT molecular complexity index is 1740. The van der Waals surface area contributed by atoms with Gasteiger partial charge in [0.15, 0.2) is 5.82 Å². The Morgan fingerprint density at radius 1 is 1.22 bits per heavy atom. The van der Waals surface area contributed by atoms with Crippen LogP contribution < -0.4 is 20.1 Å². The number of benzene rings is 3. The quantitative estimate of drug-likeness (QED) is 0.275. The van der Waals surface area contributed by atoms with Crippen molar-refractivity contribution in [2.75, 3.05) is 31.6 Å². The summed E-state index contributed by atoms with van der Waals surface area (Å²) in [6.45, 7) is 2.15. The first kappa shape index (κ1) is 28.0. The summed E-state index contributed by atoms with van der Waals surface area (Å²) in [6.07, 6.45) is 0. The summed E-state index contributed by atoms with van der Waals surface area (Å²) in [6, 6.07) is 17.1. The summed E-state index contributed by atoms with van der Waals surface area (Å²) < 4.78 is 55.2. The summed E-state index contributed by atoms with van der Waals surface area (Å²) in [5.74, 6) is -0.532. The minimum Gasteiger partial charge on any atom is -0.496 e. The molecule has 0 radical (unpaired) electrons. The fraction of sp³-hybridized carbons (Fsp3) is 0.250. The van der Waals surface area contributed by atoms with E-state index in [2.05, 4.69) is 20.5 Å². The van der Waals surface area contributed by atoms with Gasteiger partial charge in [-0.2, -0.15) is 10.4 Å². The number of ether oxygens (including phenoxy) is 2. The lowest BCUT2D eigenvalue weighted by molar-refractivity contribution is -0.126. The molecule has 1 aromatic heterocycles. The van der Waals surface area contributed by atoms with Crippen molar-refractivity contribution in [1.82, 2.24) is 20.4 Å². The summed E-state index contributed by atoms with van der Waals surface area (Å²) in [5.41, 5.74) is 1.98. The van der Waals surface area contributed by atoms with Gasteiger partial charge in [0.25, 0.3) is 10.0 Å². The number of morpholine rings is 1. The van der Waals surface area contributed by atoms with E-state index in [1.807, 2.05) is 24.3 Å². The van der Waals surface area contributed by atoms with Crippen LogP contribution in [0.25, 0.3) is 10.9 Å². The zero-order valence-corrected chi connectivity index (χ0v) is 22.9. The second-order valence-corrected chi connectivity index (χ2v) is 11.0. The largest absolute Gasteiger partial charge is 0.496 e. The van der Waals surface area contributed by atoms with Gasteiger partial charge in [-0.3, -0.25) is 14.2 Å². The average Bonchev–Trinajstić information content (AvgIpc) is 3.32. The van der Waals surface area contributed by atoms with E-state index >= 15 is 0 Å². The first-order valence-electron chi connectivity index (χ1n) is 12.7. The molecule has 0 spiro atoms. The SMILES string of the molecule is COc1cccc2c1c(NS(=O)(=O)c1ccc(F)c(C#N)c1)nn2Cc1cccc(CNC(=O)C2COCCN2)c1. The van der Waals surface area contributed by atoms with Gasteiger partial charge in [0, 0.05) is 13.1 Å². The van der Waals surface area contributed by atoms with E-state index in [1.54, 1.807) is 29.0 Å². The van der Waals surface area contributed by atoms with Crippen molar-refractivity contribution in [3.05, 3.63) is 83.2 Å². The van der Waals surface area contributed by atoms with Gasteiger partial charge in [-0.05, 0) is 41.5 Å². The molecule has 41 heavy (non-hydrogen) atoms. The van der Waals surface area contributed by atoms with Crippen molar-refractivity contribution in [2.45, 2.75) is 24.0 Å². The Hall–Kier alpha value is -4.51. The number of sulfonamides is 1. The maximum Gasteiger partial charge on any atom is 0.263 e. The maximum absolute atomic E-state index is 13.8. The van der Waals surface area contributed by atoms with Gasteiger partial charge in [-0.1, -0.05) is 30.3 Å². The molecule has 0 saturated carbocycles. The second kappa shape index (κ2) is 11.9. The zero-order valence-electron chi connectivity index (χ0n) is 22.1. The van der Waals surface area contributed by atoms with Crippen LogP contribution in [-0.4, -0.2) is 57.0 Å². The average molecular weight is 579 g/mol. The van der Waals surface area contributed by atoms with Gasteiger partial charge >= 0.3 is 0 Å². The van der Waals surface area contributed by atoms with Gasteiger partial charge in [0.1, 0.15) is 23.7 Å². The smallest absolute Gasteiger partial charge is 0.263 e. The van der Waals surface area contributed by atoms with Crippen molar-refractivity contribution in [3.8, 4) is 11.8 Å². The minimum atomic E-state index is -4.22. The fourth-order valence-corrected chi connectivity index (χ4v) is 5.60. The van der Waals surface area contributed by atoms with Gasteiger partial charge < -0.3 is 20.1 Å². The molecule has 3 N–H and O–H groups in total. The first-order chi connectivity index (χ1) is 19.8. The Balaban J connectivity index is 1.41. The number of nitrogens with zero attached hydrogens (tertiary/aromatic N) is 3. The number of halogens is 1. The molecule has 3 aromatic carbocycles. The van der Waals surface area contributed by atoms with Crippen LogP contribution in [0, 0.1) is 17.1 Å². The third kappa shape index (κ3) is 6.14. The second-order valence-electron chi connectivity index (χ2n) is 9.34. The Kier molecular flexibility index (Phi) is 8.16. The van der Waals surface area contributed by atoms with Crippen LogP contribution in [0.1, 0.15) is 16.7 Å². The molecule has 1 amide bonds. The number of aromatic nitrogens is 2. The molecule has 0 bridgehead atoms. The number of nitriles is 1. The van der Waals surface area contributed by atoms with E-state index < -0.39 is 15.8 Å². The number of rotatable bonds is 9. The number of carbonyl (C=O) groups is 1. The molecule has 1 fully saturated rings. The first-order valence-corrected chi connectivity index (χ1v) is 14.2. The van der Waals surface area contributed by atoms with Crippen molar-refractivity contribution in [1.29, 1.82) is 5.26 Å². The van der Waals surface area contributed by atoms with E-state index in [0.717, 1.165) is 29.3 Å². The number of hydrogen-bond donors (Lipinski definition) is 3. The summed E-state index contributed by atoms with van der Waals surface area (Å²) in [7, 11) is -2.76. The molecule has 2 heterocycles. The number of methoxy groups -OCH3 is 1. The molecule has 0 aliphatic carbocycles. The lowest BCUT2D eigenvalue weighted by Crippen LogP contribution is -2.51. The van der Waals surface area contributed by atoms with E-state index in [0.29, 0.717) is 49.5 Å². The highest BCUT2D eigenvalue weighted by atomic mass is 32.2. The fourth-order valence-electron chi connectivity index (χ4n) is 4.56. The molecule has 212 valence electrons. The highest BCUT2D eigenvalue weighted by molar-refractivity contribution is 7.92. The Morgan fingerprint density at radius 3 is 2.78 bits per heavy atom. The Morgan fingerprint density at radius 2 is 2.02 bits per heavy atom. The third-order valence-corrected chi connectivity index (χ3v) is 7.92. The van der Waals surface area contributed by atoms with E-state index in [-0.39, 0.29) is 28.2 Å². The molecule has 13 heteroatoms. The highest BCUT2D eigenvalue weighted by Crippen LogP contribution is 2.34. The highest BCUT2D eigenvalue weighted by Gasteiger charge is 2.23. The molecule has 1 saturated heterocycles. The molecule has 1 atom stereocenters. The number of nitrogens with one attached hydrogen (secondary N) is 3. The molecule has 1 aliphatic heterocycles. The number of hydrogen-bond acceptors (Lipinski definition) is 8. The lowest BCUT2D eigenvalue weighted by atomic mass is 10.1. The van der Waals surface area contributed by atoms with E-state index in [4.69, 9.17) is 14.7 Å². The molecular formula is C28H27FN6O5S. The number of anilines is 1. The molecule has 1 aliphatic rings. The normalized spacial score (nSPS) is 15.3. The predicted molar refractivity (Wildman–Crippen MR) is 148 cm³/mol. The van der Waals surface area contributed by atoms with Crippen molar-refractivity contribution in [3.63, 3.8) is 0 Å². The lowest BCUT2D eigenvalue weighted by Gasteiger charge is -2.22. The topological polar surface area (TPSA) is 147 Å². The molecule has 5 rings (SSSR count). The summed E-state index contributed by atoms with van der Waals surface area (Å²) >= 11 is 0. The number of fused-ring (bicyclic) bond motifs is 1. The molecular weight excluding hydrogens is 551 g/mol. The van der Waals surface area contributed by atoms with Crippen LogP contribution in [0.15, 0.2) is 65.6 Å². The molecule has 4 aromatic rings. The third-order valence-electron chi connectivity index (χ3n) is 6.59.